The van der Waals surface area contributed by atoms with Crippen LogP contribution in [0.5, 0.6) is 5.75 Å². The molecule has 1 atom stereocenters. The summed E-state index contributed by atoms with van der Waals surface area (Å²) in [6.45, 7) is 8.63. The molecule has 7 nitrogen and oxygen atoms in total. The molecule has 2 amide bonds. The smallest absolute Gasteiger partial charge is 0.410 e. The molecule has 0 saturated carbocycles. The molecule has 1 saturated heterocycles. The molecular formula is C24H30BrN3O4. The number of pyridine rings is 1. The normalized spacial score (nSPS) is 16.1. The lowest BCUT2D eigenvalue weighted by atomic mass is 10.1. The van der Waals surface area contributed by atoms with E-state index in [1.165, 1.54) is 0 Å². The van der Waals surface area contributed by atoms with Crippen LogP contribution in [0.4, 0.5) is 10.5 Å². The Balaban J connectivity index is 1.82. The summed E-state index contributed by atoms with van der Waals surface area (Å²) in [6, 6.07) is 11.4. The molecular weight excluding hydrogens is 474 g/mol. The summed E-state index contributed by atoms with van der Waals surface area (Å²) in [5.41, 5.74) is 1.95. The third-order valence-electron chi connectivity index (χ3n) is 5.21. The fourth-order valence-corrected chi connectivity index (χ4v) is 4.21. The number of aryl methyl sites for hydroxylation is 1. The van der Waals surface area contributed by atoms with Gasteiger partial charge >= 0.3 is 6.09 Å². The number of amides is 2. The first kappa shape index (κ1) is 24.0. The summed E-state index contributed by atoms with van der Waals surface area (Å²) in [7, 11) is 1.62. The minimum Gasteiger partial charge on any atom is -0.497 e. The molecule has 1 unspecified atom stereocenters. The van der Waals surface area contributed by atoms with Crippen LogP contribution in [-0.4, -0.2) is 47.7 Å². The Morgan fingerprint density at radius 2 is 1.88 bits per heavy atom. The van der Waals surface area contributed by atoms with Crippen LogP contribution < -0.4 is 9.64 Å². The molecule has 172 valence electrons. The number of hydrogen-bond acceptors (Lipinski definition) is 5. The van der Waals surface area contributed by atoms with Crippen molar-refractivity contribution in [2.45, 2.75) is 46.3 Å². The Kier molecular flexibility index (Phi) is 7.44. The van der Waals surface area contributed by atoms with E-state index in [-0.39, 0.29) is 17.9 Å². The Morgan fingerprint density at radius 1 is 1.19 bits per heavy atom. The topological polar surface area (TPSA) is 72.0 Å². The van der Waals surface area contributed by atoms with Gasteiger partial charge in [-0.15, -0.1) is 0 Å². The van der Waals surface area contributed by atoms with Crippen LogP contribution in [0.3, 0.4) is 0 Å². The molecule has 0 N–H and O–H groups in total. The highest BCUT2D eigenvalue weighted by atomic mass is 79.9. The summed E-state index contributed by atoms with van der Waals surface area (Å²) >= 11 is 3.52. The van der Waals surface area contributed by atoms with Gasteiger partial charge in [-0.1, -0.05) is 12.1 Å². The molecule has 1 aromatic heterocycles. The SMILES string of the molecule is COc1ccc(CN(C(=O)C2CCN(C(=O)OC(C)(C)C)C2)c2ccc(C)nc2Br)cc1. The Bertz CT molecular complexity index is 972. The first-order valence-corrected chi connectivity index (χ1v) is 11.4. The van der Waals surface area contributed by atoms with Gasteiger partial charge in [-0.3, -0.25) is 4.79 Å². The molecule has 1 aliphatic heterocycles. The van der Waals surface area contributed by atoms with Crippen LogP contribution in [0.2, 0.25) is 0 Å². The second-order valence-corrected chi connectivity index (χ2v) is 9.70. The third kappa shape index (κ3) is 6.00. The van der Waals surface area contributed by atoms with Crippen molar-refractivity contribution >= 4 is 33.6 Å². The second kappa shape index (κ2) is 9.90. The van der Waals surface area contributed by atoms with Crippen LogP contribution >= 0.6 is 15.9 Å². The van der Waals surface area contributed by atoms with E-state index in [2.05, 4.69) is 20.9 Å². The number of aromatic nitrogens is 1. The van der Waals surface area contributed by atoms with Crippen molar-refractivity contribution in [1.82, 2.24) is 9.88 Å². The van der Waals surface area contributed by atoms with Crippen molar-refractivity contribution in [3.05, 3.63) is 52.3 Å². The number of methoxy groups -OCH3 is 1. The van der Waals surface area contributed by atoms with E-state index in [0.717, 1.165) is 17.0 Å². The number of halogens is 1. The van der Waals surface area contributed by atoms with Crippen LogP contribution in [0.1, 0.15) is 38.4 Å². The van der Waals surface area contributed by atoms with Gasteiger partial charge in [-0.05, 0) is 79.9 Å². The lowest BCUT2D eigenvalue weighted by molar-refractivity contribution is -0.122. The van der Waals surface area contributed by atoms with E-state index in [4.69, 9.17) is 9.47 Å². The number of hydrogen-bond donors (Lipinski definition) is 0. The largest absolute Gasteiger partial charge is 0.497 e. The summed E-state index contributed by atoms with van der Waals surface area (Å²) in [5, 5.41) is 0. The molecule has 0 aliphatic carbocycles. The van der Waals surface area contributed by atoms with Crippen molar-refractivity contribution in [3.63, 3.8) is 0 Å². The van der Waals surface area contributed by atoms with Gasteiger partial charge in [0.15, 0.2) is 0 Å². The Labute approximate surface area is 197 Å². The standard InChI is InChI=1S/C24H30BrN3O4/c1-16-6-11-20(21(25)26-16)28(14-17-7-9-19(31-5)10-8-17)22(29)18-12-13-27(15-18)23(30)32-24(2,3)4/h6-11,18H,12-15H2,1-5H3. The minimum absolute atomic E-state index is 0.0433. The molecule has 2 aromatic rings. The summed E-state index contributed by atoms with van der Waals surface area (Å²) in [6.07, 6.45) is 0.210. The number of rotatable bonds is 5. The molecule has 8 heteroatoms. The maximum atomic E-state index is 13.6. The monoisotopic (exact) mass is 503 g/mol. The van der Waals surface area contributed by atoms with E-state index in [9.17, 15) is 9.59 Å². The summed E-state index contributed by atoms with van der Waals surface area (Å²) < 4.78 is 11.3. The number of benzene rings is 1. The predicted molar refractivity (Wildman–Crippen MR) is 127 cm³/mol. The van der Waals surface area contributed by atoms with Gasteiger partial charge in [0, 0.05) is 18.8 Å². The van der Waals surface area contributed by atoms with E-state index in [1.807, 2.05) is 64.1 Å². The van der Waals surface area contributed by atoms with Gasteiger partial charge in [0.2, 0.25) is 5.91 Å². The van der Waals surface area contributed by atoms with Crippen molar-refractivity contribution in [1.29, 1.82) is 0 Å². The zero-order valence-electron chi connectivity index (χ0n) is 19.2. The van der Waals surface area contributed by atoms with E-state index < -0.39 is 5.60 Å². The quantitative estimate of drug-likeness (QED) is 0.539. The molecule has 1 aromatic carbocycles. The van der Waals surface area contributed by atoms with Crippen molar-refractivity contribution < 1.29 is 19.1 Å². The first-order chi connectivity index (χ1) is 15.1. The molecule has 3 rings (SSSR count). The van der Waals surface area contributed by atoms with Crippen LogP contribution in [-0.2, 0) is 16.1 Å². The fraction of sp³-hybridized carbons (Fsp3) is 0.458. The number of nitrogens with zero attached hydrogens (tertiary/aromatic N) is 3. The van der Waals surface area contributed by atoms with Crippen molar-refractivity contribution in [3.8, 4) is 5.75 Å². The van der Waals surface area contributed by atoms with E-state index in [1.54, 1.807) is 16.9 Å². The molecule has 0 bridgehead atoms. The zero-order valence-corrected chi connectivity index (χ0v) is 20.8. The van der Waals surface area contributed by atoms with Crippen LogP contribution in [0.25, 0.3) is 0 Å². The lowest BCUT2D eigenvalue weighted by Gasteiger charge is -2.27. The van der Waals surface area contributed by atoms with Crippen LogP contribution in [0, 0.1) is 12.8 Å². The van der Waals surface area contributed by atoms with Gasteiger partial charge in [0.25, 0.3) is 0 Å². The molecule has 1 fully saturated rings. The van der Waals surface area contributed by atoms with Gasteiger partial charge in [-0.2, -0.15) is 0 Å². The van der Waals surface area contributed by atoms with E-state index >= 15 is 0 Å². The van der Waals surface area contributed by atoms with Gasteiger partial charge in [0.1, 0.15) is 16.0 Å². The predicted octanol–water partition coefficient (Wildman–Crippen LogP) is 4.95. The van der Waals surface area contributed by atoms with Crippen molar-refractivity contribution in [2.24, 2.45) is 5.92 Å². The average molecular weight is 504 g/mol. The molecule has 2 heterocycles. The van der Waals surface area contributed by atoms with Gasteiger partial charge < -0.3 is 19.3 Å². The van der Waals surface area contributed by atoms with Crippen LogP contribution in [0.15, 0.2) is 41.0 Å². The first-order valence-electron chi connectivity index (χ1n) is 10.6. The molecule has 0 spiro atoms. The third-order valence-corrected chi connectivity index (χ3v) is 5.80. The van der Waals surface area contributed by atoms with Crippen molar-refractivity contribution in [2.75, 3.05) is 25.1 Å². The average Bonchev–Trinajstić information content (AvgIpc) is 3.22. The number of ether oxygens (including phenoxy) is 2. The second-order valence-electron chi connectivity index (χ2n) is 8.95. The molecule has 32 heavy (non-hydrogen) atoms. The summed E-state index contributed by atoms with van der Waals surface area (Å²) in [5.74, 6) is 0.404. The van der Waals surface area contributed by atoms with E-state index in [0.29, 0.717) is 36.3 Å². The maximum absolute atomic E-state index is 13.6. The number of carbonyl (C=O) groups excluding carboxylic acids is 2. The minimum atomic E-state index is -0.571. The lowest BCUT2D eigenvalue weighted by Crippen LogP contribution is -2.39. The summed E-state index contributed by atoms with van der Waals surface area (Å²) in [4.78, 5) is 33.9. The fourth-order valence-electron chi connectivity index (χ4n) is 3.59. The zero-order chi connectivity index (χ0) is 23.5. The highest BCUT2D eigenvalue weighted by Crippen LogP contribution is 2.30. The number of likely N-dealkylation sites (tertiary alicyclic amines) is 1. The molecule has 0 radical (unpaired) electrons. The Hall–Kier alpha value is -2.61. The highest BCUT2D eigenvalue weighted by molar-refractivity contribution is 9.10. The molecule has 1 aliphatic rings. The maximum Gasteiger partial charge on any atom is 0.410 e. The number of carbonyl (C=O) groups is 2. The Morgan fingerprint density at radius 3 is 2.47 bits per heavy atom. The van der Waals surface area contributed by atoms with Gasteiger partial charge in [-0.25, -0.2) is 9.78 Å². The highest BCUT2D eigenvalue weighted by Gasteiger charge is 2.36. The number of anilines is 1. The van der Waals surface area contributed by atoms with Gasteiger partial charge in [0.05, 0.1) is 25.3 Å².